The van der Waals surface area contributed by atoms with Crippen molar-refractivity contribution >= 4 is 5.69 Å². The third-order valence-electron chi connectivity index (χ3n) is 6.18. The molecule has 1 saturated heterocycles. The van der Waals surface area contributed by atoms with Crippen LogP contribution in [-0.2, 0) is 13.0 Å². The van der Waals surface area contributed by atoms with Gasteiger partial charge in [-0.2, -0.15) is 0 Å². The average molecular weight is 437 g/mol. The van der Waals surface area contributed by atoms with Crippen LogP contribution in [0.4, 0.5) is 5.69 Å². The third kappa shape index (κ3) is 4.85. The summed E-state index contributed by atoms with van der Waals surface area (Å²) in [5, 5.41) is 12.7. The standard InChI is InChI=1S/C24H32N6O2/c1-4-21(29-16-14-28(15-17-29)20-8-6-5-7-9-20)24-25-26-27-30(24)13-12-19-10-11-22(31-2)23(18-19)32-3/h5-11,18,21H,4,12-17H2,1-3H3/t21-/m0/s1. The number of ether oxygens (including phenoxy) is 2. The molecule has 1 aromatic heterocycles. The zero-order chi connectivity index (χ0) is 22.3. The number of aryl methyl sites for hydroxylation is 2. The minimum Gasteiger partial charge on any atom is -0.493 e. The summed E-state index contributed by atoms with van der Waals surface area (Å²) >= 11 is 0. The number of rotatable bonds is 9. The Hall–Kier alpha value is -3.13. The zero-order valence-corrected chi connectivity index (χ0v) is 19.1. The van der Waals surface area contributed by atoms with Crippen LogP contribution in [0.25, 0.3) is 0 Å². The number of hydrogen-bond acceptors (Lipinski definition) is 7. The van der Waals surface area contributed by atoms with Gasteiger partial charge in [-0.05, 0) is 53.1 Å². The molecule has 1 fully saturated rings. The van der Waals surface area contributed by atoms with Crippen LogP contribution >= 0.6 is 0 Å². The number of methoxy groups -OCH3 is 2. The van der Waals surface area contributed by atoms with Crippen molar-refractivity contribution in [2.45, 2.75) is 32.4 Å². The highest BCUT2D eigenvalue weighted by Crippen LogP contribution is 2.28. The van der Waals surface area contributed by atoms with Gasteiger partial charge in [0.1, 0.15) is 0 Å². The molecule has 1 atom stereocenters. The second-order valence-electron chi connectivity index (χ2n) is 7.98. The van der Waals surface area contributed by atoms with Gasteiger partial charge >= 0.3 is 0 Å². The molecule has 1 aliphatic rings. The summed E-state index contributed by atoms with van der Waals surface area (Å²) < 4.78 is 12.7. The van der Waals surface area contributed by atoms with Gasteiger partial charge in [0.2, 0.25) is 0 Å². The number of hydrogen-bond donors (Lipinski definition) is 0. The van der Waals surface area contributed by atoms with Crippen molar-refractivity contribution in [2.24, 2.45) is 0 Å². The van der Waals surface area contributed by atoms with Gasteiger partial charge in [-0.1, -0.05) is 31.2 Å². The van der Waals surface area contributed by atoms with Gasteiger partial charge in [-0.15, -0.1) is 5.10 Å². The summed E-state index contributed by atoms with van der Waals surface area (Å²) in [5.41, 5.74) is 2.45. The largest absolute Gasteiger partial charge is 0.493 e. The van der Waals surface area contributed by atoms with E-state index in [4.69, 9.17) is 9.47 Å². The van der Waals surface area contributed by atoms with Crippen molar-refractivity contribution in [1.82, 2.24) is 25.1 Å². The second kappa shape index (κ2) is 10.5. The first-order chi connectivity index (χ1) is 15.7. The molecule has 0 aliphatic carbocycles. The number of nitrogens with zero attached hydrogens (tertiary/aromatic N) is 6. The van der Waals surface area contributed by atoms with Crippen LogP contribution in [0.5, 0.6) is 11.5 Å². The molecule has 0 spiro atoms. The summed E-state index contributed by atoms with van der Waals surface area (Å²) in [6.07, 6.45) is 1.79. The molecule has 2 heterocycles. The fraction of sp³-hybridized carbons (Fsp3) is 0.458. The molecule has 4 rings (SSSR count). The molecule has 170 valence electrons. The summed E-state index contributed by atoms with van der Waals surface area (Å²) in [4.78, 5) is 4.96. The van der Waals surface area contributed by atoms with Crippen molar-refractivity contribution in [3.05, 3.63) is 59.9 Å². The Kier molecular flexibility index (Phi) is 7.21. The first-order valence-corrected chi connectivity index (χ1v) is 11.2. The van der Waals surface area contributed by atoms with E-state index in [0.29, 0.717) is 0 Å². The number of aromatic nitrogens is 4. The number of benzene rings is 2. The highest BCUT2D eigenvalue weighted by molar-refractivity contribution is 5.46. The van der Waals surface area contributed by atoms with E-state index in [1.807, 2.05) is 16.8 Å². The van der Waals surface area contributed by atoms with Crippen molar-refractivity contribution in [3.8, 4) is 11.5 Å². The van der Waals surface area contributed by atoms with E-state index >= 15 is 0 Å². The van der Waals surface area contributed by atoms with E-state index in [1.54, 1.807) is 14.2 Å². The Morgan fingerprint density at radius 2 is 1.69 bits per heavy atom. The molecular weight excluding hydrogens is 404 g/mol. The lowest BCUT2D eigenvalue weighted by molar-refractivity contribution is 0.169. The van der Waals surface area contributed by atoms with Crippen LogP contribution in [0.15, 0.2) is 48.5 Å². The van der Waals surface area contributed by atoms with Crippen LogP contribution in [0.1, 0.15) is 30.8 Å². The molecule has 32 heavy (non-hydrogen) atoms. The number of piperazine rings is 1. The van der Waals surface area contributed by atoms with Crippen LogP contribution in [0, 0.1) is 0 Å². The molecule has 0 amide bonds. The summed E-state index contributed by atoms with van der Waals surface area (Å²) in [6, 6.07) is 16.9. The Morgan fingerprint density at radius 1 is 0.938 bits per heavy atom. The van der Waals surface area contributed by atoms with Crippen molar-refractivity contribution in [1.29, 1.82) is 0 Å². The molecule has 0 N–H and O–H groups in total. The molecule has 1 aliphatic heterocycles. The van der Waals surface area contributed by atoms with Gasteiger partial charge in [0.05, 0.1) is 20.3 Å². The second-order valence-corrected chi connectivity index (χ2v) is 7.98. The summed E-state index contributed by atoms with van der Waals surface area (Å²) in [7, 11) is 3.31. The van der Waals surface area contributed by atoms with Crippen LogP contribution in [0.2, 0.25) is 0 Å². The predicted molar refractivity (Wildman–Crippen MR) is 124 cm³/mol. The van der Waals surface area contributed by atoms with Crippen LogP contribution in [-0.4, -0.2) is 65.5 Å². The lowest BCUT2D eigenvalue weighted by Gasteiger charge is -2.39. The van der Waals surface area contributed by atoms with Gasteiger partial charge in [0.15, 0.2) is 17.3 Å². The SMILES string of the molecule is CC[C@@H](c1nnnn1CCc1ccc(OC)c(OC)c1)N1CCN(c2ccccc2)CC1. The molecule has 0 unspecified atom stereocenters. The molecule has 0 radical (unpaired) electrons. The van der Waals surface area contributed by atoms with Gasteiger partial charge in [0.25, 0.3) is 0 Å². The maximum absolute atomic E-state index is 5.43. The van der Waals surface area contributed by atoms with Gasteiger partial charge < -0.3 is 14.4 Å². The predicted octanol–water partition coefficient (Wildman–Crippen LogP) is 3.21. The van der Waals surface area contributed by atoms with Crippen LogP contribution in [0.3, 0.4) is 0 Å². The molecule has 0 bridgehead atoms. The first kappa shape index (κ1) is 22.1. The van der Waals surface area contributed by atoms with E-state index in [2.05, 4.69) is 68.6 Å². The number of tetrazole rings is 1. The van der Waals surface area contributed by atoms with Gasteiger partial charge in [0, 0.05) is 38.4 Å². The maximum Gasteiger partial charge on any atom is 0.168 e. The fourth-order valence-corrected chi connectivity index (χ4v) is 4.42. The molecule has 8 heteroatoms. The Morgan fingerprint density at radius 3 is 2.38 bits per heavy atom. The zero-order valence-electron chi connectivity index (χ0n) is 19.1. The highest BCUT2D eigenvalue weighted by Gasteiger charge is 2.28. The Balaban J connectivity index is 1.40. The van der Waals surface area contributed by atoms with Crippen molar-refractivity contribution in [2.75, 3.05) is 45.3 Å². The Bertz CT molecular complexity index is 985. The monoisotopic (exact) mass is 436 g/mol. The maximum atomic E-state index is 5.43. The van der Waals surface area contributed by atoms with E-state index < -0.39 is 0 Å². The lowest BCUT2D eigenvalue weighted by Crippen LogP contribution is -2.48. The third-order valence-corrected chi connectivity index (χ3v) is 6.18. The van der Waals surface area contributed by atoms with Crippen molar-refractivity contribution < 1.29 is 9.47 Å². The number of anilines is 1. The van der Waals surface area contributed by atoms with Crippen LogP contribution < -0.4 is 14.4 Å². The molecule has 0 saturated carbocycles. The highest BCUT2D eigenvalue weighted by atomic mass is 16.5. The quantitative estimate of drug-likeness (QED) is 0.510. The number of para-hydroxylation sites is 1. The van der Waals surface area contributed by atoms with Gasteiger partial charge in [-0.25, -0.2) is 4.68 Å². The normalized spacial score (nSPS) is 15.5. The minimum atomic E-state index is 0.216. The molecule has 3 aromatic rings. The minimum absolute atomic E-state index is 0.216. The van der Waals surface area contributed by atoms with Gasteiger partial charge in [-0.3, -0.25) is 4.90 Å². The van der Waals surface area contributed by atoms with E-state index in [-0.39, 0.29) is 6.04 Å². The van der Waals surface area contributed by atoms with Crippen molar-refractivity contribution in [3.63, 3.8) is 0 Å². The summed E-state index contributed by atoms with van der Waals surface area (Å²) in [6.45, 7) is 6.94. The topological polar surface area (TPSA) is 68.5 Å². The van der Waals surface area contributed by atoms with E-state index in [1.165, 1.54) is 5.69 Å². The smallest absolute Gasteiger partial charge is 0.168 e. The lowest BCUT2D eigenvalue weighted by atomic mass is 10.1. The average Bonchev–Trinajstić information content (AvgIpc) is 3.32. The Labute approximate surface area is 189 Å². The first-order valence-electron chi connectivity index (χ1n) is 11.2. The molecular formula is C24H32N6O2. The summed E-state index contributed by atoms with van der Waals surface area (Å²) in [5.74, 6) is 2.42. The fourth-order valence-electron chi connectivity index (χ4n) is 4.42. The molecule has 8 nitrogen and oxygen atoms in total. The molecule has 2 aromatic carbocycles. The van der Waals surface area contributed by atoms with E-state index in [0.717, 1.165) is 68.5 Å². The van der Waals surface area contributed by atoms with E-state index in [9.17, 15) is 0 Å².